The van der Waals surface area contributed by atoms with E-state index in [0.717, 1.165) is 5.56 Å². The third-order valence-electron chi connectivity index (χ3n) is 3.21. The SMILES string of the molecule is CNCC(O)C(O)c1cccc2c1CCC2=O. The van der Waals surface area contributed by atoms with E-state index in [1.165, 1.54) is 0 Å². The maximum absolute atomic E-state index is 11.6. The summed E-state index contributed by atoms with van der Waals surface area (Å²) in [6.45, 7) is 0.318. The Balaban J connectivity index is 2.31. The Kier molecular flexibility index (Phi) is 3.57. The molecule has 0 saturated carbocycles. The van der Waals surface area contributed by atoms with Crippen LogP contribution in [0.15, 0.2) is 18.2 Å². The van der Waals surface area contributed by atoms with Gasteiger partial charge in [-0.2, -0.15) is 0 Å². The van der Waals surface area contributed by atoms with E-state index in [0.29, 0.717) is 30.5 Å². The largest absolute Gasteiger partial charge is 0.389 e. The van der Waals surface area contributed by atoms with E-state index < -0.39 is 12.2 Å². The maximum atomic E-state index is 11.6. The van der Waals surface area contributed by atoms with E-state index in [1.807, 2.05) is 0 Å². The molecular formula is C13H17NO3. The van der Waals surface area contributed by atoms with E-state index in [-0.39, 0.29) is 5.78 Å². The van der Waals surface area contributed by atoms with E-state index >= 15 is 0 Å². The van der Waals surface area contributed by atoms with Crippen LogP contribution in [0.3, 0.4) is 0 Å². The molecular weight excluding hydrogens is 218 g/mol. The topological polar surface area (TPSA) is 69.6 Å². The molecule has 92 valence electrons. The van der Waals surface area contributed by atoms with Crippen LogP contribution in [0.2, 0.25) is 0 Å². The fraction of sp³-hybridized carbons (Fsp3) is 0.462. The summed E-state index contributed by atoms with van der Waals surface area (Å²) in [5.41, 5.74) is 2.26. The van der Waals surface area contributed by atoms with Gasteiger partial charge in [-0.15, -0.1) is 0 Å². The molecule has 3 N–H and O–H groups in total. The van der Waals surface area contributed by atoms with Crippen LogP contribution in [-0.2, 0) is 6.42 Å². The summed E-state index contributed by atoms with van der Waals surface area (Å²) in [6, 6.07) is 5.32. The molecule has 0 aromatic heterocycles. The molecule has 4 heteroatoms. The van der Waals surface area contributed by atoms with Gasteiger partial charge in [-0.1, -0.05) is 18.2 Å². The van der Waals surface area contributed by atoms with Gasteiger partial charge in [0.25, 0.3) is 0 Å². The molecule has 2 unspecified atom stereocenters. The summed E-state index contributed by atoms with van der Waals surface area (Å²) in [5, 5.41) is 22.7. The average Bonchev–Trinajstić information content (AvgIpc) is 2.71. The van der Waals surface area contributed by atoms with Gasteiger partial charge in [0.2, 0.25) is 0 Å². The minimum Gasteiger partial charge on any atom is -0.389 e. The molecule has 2 atom stereocenters. The van der Waals surface area contributed by atoms with Gasteiger partial charge in [-0.25, -0.2) is 0 Å². The number of ketones is 1. The predicted molar refractivity (Wildman–Crippen MR) is 64.0 cm³/mol. The Morgan fingerprint density at radius 2 is 2.12 bits per heavy atom. The number of hydrogen-bond donors (Lipinski definition) is 3. The second kappa shape index (κ2) is 4.96. The zero-order valence-electron chi connectivity index (χ0n) is 9.81. The summed E-state index contributed by atoms with van der Waals surface area (Å²) in [6.07, 6.45) is -0.639. The van der Waals surface area contributed by atoms with Crippen molar-refractivity contribution in [3.63, 3.8) is 0 Å². The van der Waals surface area contributed by atoms with Gasteiger partial charge in [-0.3, -0.25) is 4.79 Å². The van der Waals surface area contributed by atoms with Gasteiger partial charge in [0.05, 0.1) is 6.10 Å². The summed E-state index contributed by atoms with van der Waals surface area (Å²) >= 11 is 0. The number of rotatable bonds is 4. The summed E-state index contributed by atoms with van der Waals surface area (Å²) in [4.78, 5) is 11.6. The summed E-state index contributed by atoms with van der Waals surface area (Å²) < 4.78 is 0. The maximum Gasteiger partial charge on any atom is 0.163 e. The number of Topliss-reactive ketones (excluding diaryl/α,β-unsaturated/α-hetero) is 1. The Bertz CT molecular complexity index is 431. The number of hydrogen-bond acceptors (Lipinski definition) is 4. The number of carbonyl (C=O) groups excluding carboxylic acids is 1. The van der Waals surface area contributed by atoms with Crippen molar-refractivity contribution >= 4 is 5.78 Å². The number of likely N-dealkylation sites (N-methyl/N-ethyl adjacent to an activating group) is 1. The number of aliphatic hydroxyl groups excluding tert-OH is 2. The molecule has 0 radical (unpaired) electrons. The van der Waals surface area contributed by atoms with Crippen LogP contribution < -0.4 is 5.32 Å². The van der Waals surface area contributed by atoms with Gasteiger partial charge in [0.15, 0.2) is 5.78 Å². The lowest BCUT2D eigenvalue weighted by atomic mass is 9.96. The Hall–Kier alpha value is -1.23. The van der Waals surface area contributed by atoms with Crippen molar-refractivity contribution in [1.82, 2.24) is 5.32 Å². The lowest BCUT2D eigenvalue weighted by Crippen LogP contribution is -2.30. The van der Waals surface area contributed by atoms with Crippen LogP contribution >= 0.6 is 0 Å². The van der Waals surface area contributed by atoms with E-state index in [9.17, 15) is 15.0 Å². The molecule has 0 aliphatic heterocycles. The molecule has 4 nitrogen and oxygen atoms in total. The lowest BCUT2D eigenvalue weighted by Gasteiger charge is -2.20. The van der Waals surface area contributed by atoms with Crippen molar-refractivity contribution < 1.29 is 15.0 Å². The van der Waals surface area contributed by atoms with Crippen LogP contribution in [0.5, 0.6) is 0 Å². The normalized spacial score (nSPS) is 17.9. The lowest BCUT2D eigenvalue weighted by molar-refractivity contribution is 0.0197. The van der Waals surface area contributed by atoms with Crippen LogP contribution in [0.4, 0.5) is 0 Å². The van der Waals surface area contributed by atoms with E-state index in [2.05, 4.69) is 5.32 Å². The molecule has 1 aromatic carbocycles. The quantitative estimate of drug-likeness (QED) is 0.708. The van der Waals surface area contributed by atoms with Crippen molar-refractivity contribution in [3.8, 4) is 0 Å². The smallest absolute Gasteiger partial charge is 0.163 e. The summed E-state index contributed by atoms with van der Waals surface area (Å²) in [7, 11) is 1.72. The summed E-state index contributed by atoms with van der Waals surface area (Å²) in [5.74, 6) is 0.122. The second-order valence-electron chi connectivity index (χ2n) is 4.37. The van der Waals surface area contributed by atoms with Crippen LogP contribution in [-0.4, -0.2) is 35.7 Å². The first kappa shape index (κ1) is 12.2. The van der Waals surface area contributed by atoms with Crippen molar-refractivity contribution in [2.75, 3.05) is 13.6 Å². The highest BCUT2D eigenvalue weighted by molar-refractivity contribution is 6.00. The van der Waals surface area contributed by atoms with Gasteiger partial charge in [0, 0.05) is 18.5 Å². The number of aliphatic hydroxyl groups is 2. The fourth-order valence-electron chi connectivity index (χ4n) is 2.32. The molecule has 0 fully saturated rings. The highest BCUT2D eigenvalue weighted by Crippen LogP contribution is 2.30. The first-order valence-corrected chi connectivity index (χ1v) is 5.81. The van der Waals surface area contributed by atoms with E-state index in [4.69, 9.17) is 0 Å². The Labute approximate surface area is 100 Å². The molecule has 1 aromatic rings. The standard InChI is InChI=1S/C13H17NO3/c1-14-7-12(16)13(17)10-4-2-3-9-8(10)5-6-11(9)15/h2-4,12-14,16-17H,5-7H2,1H3. The molecule has 0 saturated heterocycles. The molecule has 17 heavy (non-hydrogen) atoms. The molecule has 1 aliphatic carbocycles. The number of fused-ring (bicyclic) bond motifs is 1. The van der Waals surface area contributed by atoms with E-state index in [1.54, 1.807) is 25.2 Å². The van der Waals surface area contributed by atoms with Crippen molar-refractivity contribution in [1.29, 1.82) is 0 Å². The van der Waals surface area contributed by atoms with Crippen molar-refractivity contribution in [2.24, 2.45) is 0 Å². The molecule has 2 rings (SSSR count). The number of nitrogens with one attached hydrogen (secondary N) is 1. The van der Waals surface area contributed by atoms with Crippen LogP contribution in [0.1, 0.15) is 34.0 Å². The second-order valence-corrected chi connectivity index (χ2v) is 4.37. The Morgan fingerprint density at radius 1 is 1.35 bits per heavy atom. The molecule has 0 amide bonds. The number of carbonyl (C=O) groups is 1. The molecule has 1 aliphatic rings. The zero-order chi connectivity index (χ0) is 12.4. The predicted octanol–water partition coefficient (Wildman–Crippen LogP) is 0.429. The Morgan fingerprint density at radius 3 is 2.82 bits per heavy atom. The first-order chi connectivity index (χ1) is 8.15. The van der Waals surface area contributed by atoms with Crippen LogP contribution in [0, 0.1) is 0 Å². The number of benzene rings is 1. The van der Waals surface area contributed by atoms with Crippen LogP contribution in [0.25, 0.3) is 0 Å². The average molecular weight is 235 g/mol. The molecule has 0 spiro atoms. The minimum atomic E-state index is -0.941. The van der Waals surface area contributed by atoms with Crippen molar-refractivity contribution in [2.45, 2.75) is 25.0 Å². The first-order valence-electron chi connectivity index (χ1n) is 5.81. The fourth-order valence-corrected chi connectivity index (χ4v) is 2.32. The van der Waals surface area contributed by atoms with Gasteiger partial charge in [0.1, 0.15) is 6.10 Å². The molecule has 0 bridgehead atoms. The third kappa shape index (κ3) is 2.24. The molecule has 0 heterocycles. The highest BCUT2D eigenvalue weighted by Gasteiger charge is 2.27. The third-order valence-corrected chi connectivity index (χ3v) is 3.21. The zero-order valence-corrected chi connectivity index (χ0v) is 9.81. The highest BCUT2D eigenvalue weighted by atomic mass is 16.3. The van der Waals surface area contributed by atoms with Crippen molar-refractivity contribution in [3.05, 3.63) is 34.9 Å². The van der Waals surface area contributed by atoms with Gasteiger partial charge >= 0.3 is 0 Å². The monoisotopic (exact) mass is 235 g/mol. The van der Waals surface area contributed by atoms with Gasteiger partial charge < -0.3 is 15.5 Å². The minimum absolute atomic E-state index is 0.122. The van der Waals surface area contributed by atoms with Gasteiger partial charge in [-0.05, 0) is 24.6 Å².